The summed E-state index contributed by atoms with van der Waals surface area (Å²) in [6.45, 7) is 7.20. The number of benzene rings is 1. The van der Waals surface area contributed by atoms with Crippen LogP contribution in [0.5, 0.6) is 0 Å². The predicted molar refractivity (Wildman–Crippen MR) is 96.6 cm³/mol. The van der Waals surface area contributed by atoms with Crippen molar-refractivity contribution >= 4 is 11.6 Å². The average Bonchev–Trinajstić information content (AvgIpc) is 2.95. The second-order valence-electron chi connectivity index (χ2n) is 6.11. The minimum atomic E-state index is -0.335. The first-order valence-corrected chi connectivity index (χ1v) is 8.05. The van der Waals surface area contributed by atoms with Gasteiger partial charge in [0.25, 0.3) is 11.5 Å². The number of carbonyl (C=O) groups excluding carboxylic acids is 1. The van der Waals surface area contributed by atoms with Gasteiger partial charge in [-0.3, -0.25) is 14.3 Å². The molecule has 3 aromatic rings. The van der Waals surface area contributed by atoms with Crippen molar-refractivity contribution in [3.8, 4) is 5.69 Å². The van der Waals surface area contributed by atoms with Crippen molar-refractivity contribution in [2.75, 3.05) is 5.32 Å². The Morgan fingerprint density at radius 3 is 2.24 bits per heavy atom. The number of anilines is 1. The molecule has 0 aliphatic rings. The van der Waals surface area contributed by atoms with Crippen molar-refractivity contribution in [2.45, 2.75) is 27.7 Å². The number of furan rings is 1. The largest absolute Gasteiger partial charge is 0.466 e. The Labute approximate surface area is 145 Å². The number of hydrogen-bond acceptors (Lipinski definition) is 3. The number of aromatic nitrogens is 2. The summed E-state index contributed by atoms with van der Waals surface area (Å²) < 4.78 is 8.78. The molecule has 130 valence electrons. The zero-order valence-corrected chi connectivity index (χ0v) is 15.0. The fourth-order valence-electron chi connectivity index (χ4n) is 3.02. The van der Waals surface area contributed by atoms with E-state index in [2.05, 4.69) is 5.32 Å². The molecular formula is C19H21N3O3. The second-order valence-corrected chi connectivity index (χ2v) is 6.11. The van der Waals surface area contributed by atoms with E-state index >= 15 is 0 Å². The molecule has 0 fully saturated rings. The van der Waals surface area contributed by atoms with Crippen LogP contribution in [0.25, 0.3) is 5.69 Å². The fourth-order valence-corrected chi connectivity index (χ4v) is 3.02. The molecule has 1 N–H and O–H groups in total. The van der Waals surface area contributed by atoms with E-state index in [0.29, 0.717) is 22.8 Å². The van der Waals surface area contributed by atoms with E-state index in [-0.39, 0.29) is 17.2 Å². The van der Waals surface area contributed by atoms with Crippen molar-refractivity contribution in [3.05, 3.63) is 69.0 Å². The number of carbonyl (C=O) groups is 1. The Kier molecular flexibility index (Phi) is 4.12. The molecule has 0 aliphatic carbocycles. The molecule has 3 rings (SSSR count). The summed E-state index contributed by atoms with van der Waals surface area (Å²) in [5.41, 5.74) is 2.69. The lowest BCUT2D eigenvalue weighted by Crippen LogP contribution is -2.23. The Morgan fingerprint density at radius 2 is 1.68 bits per heavy atom. The lowest BCUT2D eigenvalue weighted by Gasteiger charge is -2.07. The maximum atomic E-state index is 12.9. The molecule has 0 unspecified atom stereocenters. The van der Waals surface area contributed by atoms with Crippen LogP contribution in [-0.2, 0) is 7.05 Å². The van der Waals surface area contributed by atoms with E-state index in [1.54, 1.807) is 25.6 Å². The molecule has 0 saturated heterocycles. The predicted octanol–water partition coefficient (Wildman–Crippen LogP) is 3.25. The van der Waals surface area contributed by atoms with Gasteiger partial charge in [-0.25, -0.2) is 4.68 Å². The summed E-state index contributed by atoms with van der Waals surface area (Å²) in [5, 5.41) is 2.77. The molecule has 0 bridgehead atoms. The van der Waals surface area contributed by atoms with Gasteiger partial charge in [-0.15, -0.1) is 0 Å². The zero-order valence-electron chi connectivity index (χ0n) is 15.0. The van der Waals surface area contributed by atoms with E-state index in [1.807, 2.05) is 44.2 Å². The number of para-hydroxylation sites is 1. The summed E-state index contributed by atoms with van der Waals surface area (Å²) >= 11 is 0. The number of amides is 1. The quantitative estimate of drug-likeness (QED) is 0.796. The maximum absolute atomic E-state index is 12.9. The second kappa shape index (κ2) is 6.12. The van der Waals surface area contributed by atoms with E-state index < -0.39 is 0 Å². The van der Waals surface area contributed by atoms with Gasteiger partial charge < -0.3 is 9.73 Å². The third kappa shape index (κ3) is 2.69. The van der Waals surface area contributed by atoms with Crippen LogP contribution in [-0.4, -0.2) is 15.3 Å². The summed E-state index contributed by atoms with van der Waals surface area (Å²) in [4.78, 5) is 25.6. The van der Waals surface area contributed by atoms with Gasteiger partial charge in [-0.1, -0.05) is 18.2 Å². The summed E-state index contributed by atoms with van der Waals surface area (Å²) in [5.74, 6) is 0.913. The van der Waals surface area contributed by atoms with Gasteiger partial charge >= 0.3 is 0 Å². The van der Waals surface area contributed by atoms with E-state index in [9.17, 15) is 9.59 Å². The van der Waals surface area contributed by atoms with Gasteiger partial charge in [0.1, 0.15) is 17.2 Å². The molecule has 6 heteroatoms. The Balaban J connectivity index is 2.05. The van der Waals surface area contributed by atoms with Crippen LogP contribution in [0.4, 0.5) is 5.69 Å². The summed E-state index contributed by atoms with van der Waals surface area (Å²) in [7, 11) is 1.79. The highest BCUT2D eigenvalue weighted by atomic mass is 16.3. The minimum Gasteiger partial charge on any atom is -0.466 e. The number of rotatable bonds is 3. The van der Waals surface area contributed by atoms with Crippen LogP contribution in [0.15, 0.2) is 39.5 Å². The maximum Gasteiger partial charge on any atom is 0.295 e. The molecule has 0 radical (unpaired) electrons. The highest BCUT2D eigenvalue weighted by molar-refractivity contribution is 6.06. The van der Waals surface area contributed by atoms with Gasteiger partial charge in [0.2, 0.25) is 0 Å². The van der Waals surface area contributed by atoms with Crippen molar-refractivity contribution in [1.82, 2.24) is 9.36 Å². The first kappa shape index (κ1) is 16.8. The van der Waals surface area contributed by atoms with Gasteiger partial charge in [-0.05, 0) is 39.8 Å². The Hall–Kier alpha value is -3.02. The van der Waals surface area contributed by atoms with Crippen molar-refractivity contribution in [2.24, 2.45) is 7.05 Å². The first-order chi connectivity index (χ1) is 11.8. The average molecular weight is 339 g/mol. The monoisotopic (exact) mass is 339 g/mol. The van der Waals surface area contributed by atoms with E-state index in [1.165, 1.54) is 4.68 Å². The molecular weight excluding hydrogens is 318 g/mol. The van der Waals surface area contributed by atoms with Crippen LogP contribution < -0.4 is 10.9 Å². The van der Waals surface area contributed by atoms with Crippen LogP contribution in [0.3, 0.4) is 0 Å². The van der Waals surface area contributed by atoms with Crippen molar-refractivity contribution in [3.63, 3.8) is 0 Å². The minimum absolute atomic E-state index is 0.268. The van der Waals surface area contributed by atoms with Gasteiger partial charge in [0.15, 0.2) is 0 Å². The SMILES string of the molecule is Cc1oc(C)c(C(=O)Nc2c(C)n(C)n(-c3ccccc3)c2=O)c1C. The number of nitrogens with one attached hydrogen (secondary N) is 1. The standard InChI is InChI=1S/C19H21N3O3/c1-11-13(3)25-14(4)16(11)18(23)20-17-12(2)21(5)22(19(17)24)15-9-7-6-8-10-15/h6-10H,1-5H3,(H,20,23). The summed E-state index contributed by atoms with van der Waals surface area (Å²) in [6, 6.07) is 9.31. The molecule has 2 heterocycles. The third-order valence-electron chi connectivity index (χ3n) is 4.58. The van der Waals surface area contributed by atoms with E-state index in [4.69, 9.17) is 4.42 Å². The van der Waals surface area contributed by atoms with Crippen LogP contribution in [0.1, 0.15) is 33.1 Å². The topological polar surface area (TPSA) is 69.2 Å². The number of hydrogen-bond donors (Lipinski definition) is 1. The van der Waals surface area contributed by atoms with E-state index in [0.717, 1.165) is 11.3 Å². The summed E-state index contributed by atoms with van der Waals surface area (Å²) in [6.07, 6.45) is 0. The molecule has 0 spiro atoms. The van der Waals surface area contributed by atoms with Gasteiger partial charge in [0.05, 0.1) is 16.9 Å². The molecule has 6 nitrogen and oxygen atoms in total. The van der Waals surface area contributed by atoms with Crippen LogP contribution in [0, 0.1) is 27.7 Å². The fraction of sp³-hybridized carbons (Fsp3) is 0.263. The Morgan fingerprint density at radius 1 is 1.04 bits per heavy atom. The Bertz CT molecular complexity index is 1010. The highest BCUT2D eigenvalue weighted by Crippen LogP contribution is 2.22. The molecule has 1 aromatic carbocycles. The number of aryl methyl sites for hydroxylation is 2. The lowest BCUT2D eigenvalue weighted by atomic mass is 10.1. The van der Waals surface area contributed by atoms with Gasteiger partial charge in [-0.2, -0.15) is 0 Å². The normalized spacial score (nSPS) is 10.9. The highest BCUT2D eigenvalue weighted by Gasteiger charge is 2.23. The van der Waals surface area contributed by atoms with Crippen LogP contribution in [0.2, 0.25) is 0 Å². The van der Waals surface area contributed by atoms with Crippen molar-refractivity contribution in [1.29, 1.82) is 0 Å². The molecule has 25 heavy (non-hydrogen) atoms. The lowest BCUT2D eigenvalue weighted by molar-refractivity contribution is 0.102. The molecule has 0 saturated carbocycles. The molecule has 0 atom stereocenters. The van der Waals surface area contributed by atoms with Crippen molar-refractivity contribution < 1.29 is 9.21 Å². The third-order valence-corrected chi connectivity index (χ3v) is 4.58. The molecule has 1 amide bonds. The zero-order chi connectivity index (χ0) is 18.3. The first-order valence-electron chi connectivity index (χ1n) is 8.05. The number of nitrogens with zero attached hydrogens (tertiary/aromatic N) is 2. The van der Waals surface area contributed by atoms with Gasteiger partial charge in [0, 0.05) is 12.6 Å². The van der Waals surface area contributed by atoms with Crippen LogP contribution >= 0.6 is 0 Å². The molecule has 2 aromatic heterocycles. The molecule has 0 aliphatic heterocycles. The smallest absolute Gasteiger partial charge is 0.295 e.